The van der Waals surface area contributed by atoms with Crippen LogP contribution < -0.4 is 9.47 Å². The maximum Gasteiger partial charge on any atom is 0.254 e. The molecule has 0 aromatic heterocycles. The fourth-order valence-corrected chi connectivity index (χ4v) is 5.12. The number of amides is 2. The second kappa shape index (κ2) is 8.06. The van der Waals surface area contributed by atoms with Gasteiger partial charge in [-0.15, -0.1) is 0 Å². The molecule has 2 fully saturated rings. The standard InChI is InChI=1S/C24H20ClFN2O4/c1-31-19-9-13(8-17(25)22(19)32-12-16-4-2-3-5-18(16)26)11-27-28-23(29)20-14-6-7-15(10-14)21(20)24(28)30/h2-9,11,14-15,20-21H,10,12H2,1H3/t14-,15-,20-,21+/m0/s1. The van der Waals surface area contributed by atoms with Gasteiger partial charge in [0.15, 0.2) is 11.5 Å². The third kappa shape index (κ3) is 3.37. The maximum atomic E-state index is 13.9. The lowest BCUT2D eigenvalue weighted by molar-refractivity contribution is -0.140. The first-order valence-electron chi connectivity index (χ1n) is 10.3. The highest BCUT2D eigenvalue weighted by molar-refractivity contribution is 6.32. The Bertz CT molecular complexity index is 1130. The minimum absolute atomic E-state index is 0.0217. The maximum absolute atomic E-state index is 13.9. The number of methoxy groups -OCH3 is 1. The van der Waals surface area contributed by atoms with Gasteiger partial charge < -0.3 is 9.47 Å². The van der Waals surface area contributed by atoms with Crippen LogP contribution in [0.3, 0.4) is 0 Å². The molecule has 1 saturated carbocycles. The quantitative estimate of drug-likeness (QED) is 0.372. The average molecular weight is 455 g/mol. The molecule has 8 heteroatoms. The van der Waals surface area contributed by atoms with Crippen LogP contribution in [-0.2, 0) is 16.2 Å². The topological polar surface area (TPSA) is 68.2 Å². The van der Waals surface area contributed by atoms with E-state index in [0.717, 1.165) is 11.4 Å². The van der Waals surface area contributed by atoms with Crippen molar-refractivity contribution in [3.63, 3.8) is 0 Å². The Morgan fingerprint density at radius 1 is 1.16 bits per heavy atom. The van der Waals surface area contributed by atoms with E-state index in [4.69, 9.17) is 21.1 Å². The number of ether oxygens (including phenoxy) is 2. The van der Waals surface area contributed by atoms with Gasteiger partial charge in [-0.25, -0.2) is 4.39 Å². The van der Waals surface area contributed by atoms with Gasteiger partial charge in [-0.05, 0) is 42.0 Å². The van der Waals surface area contributed by atoms with E-state index in [0.29, 0.717) is 16.9 Å². The van der Waals surface area contributed by atoms with Crippen molar-refractivity contribution in [1.29, 1.82) is 0 Å². The molecule has 0 unspecified atom stereocenters. The second-order valence-electron chi connectivity index (χ2n) is 8.15. The number of carbonyl (C=O) groups excluding carboxylic acids is 2. The number of carbonyl (C=O) groups is 2. The summed E-state index contributed by atoms with van der Waals surface area (Å²) in [6.45, 7) is -0.0217. The monoisotopic (exact) mass is 454 g/mol. The van der Waals surface area contributed by atoms with Crippen molar-refractivity contribution >= 4 is 29.6 Å². The van der Waals surface area contributed by atoms with Gasteiger partial charge in [0, 0.05) is 5.56 Å². The zero-order valence-corrected chi connectivity index (χ0v) is 18.0. The summed E-state index contributed by atoms with van der Waals surface area (Å²) in [6, 6.07) is 9.51. The highest BCUT2D eigenvalue weighted by Gasteiger charge is 2.59. The summed E-state index contributed by atoms with van der Waals surface area (Å²) < 4.78 is 24.9. The first-order chi connectivity index (χ1) is 15.5. The van der Waals surface area contributed by atoms with Crippen LogP contribution in [0, 0.1) is 29.5 Å². The zero-order chi connectivity index (χ0) is 22.4. The Hall–Kier alpha value is -3.19. The summed E-state index contributed by atoms with van der Waals surface area (Å²) in [5.74, 6) is -0.645. The summed E-state index contributed by atoms with van der Waals surface area (Å²) in [6.07, 6.45) is 6.34. The molecule has 2 amide bonds. The van der Waals surface area contributed by atoms with E-state index < -0.39 is 0 Å². The number of halogens is 2. The second-order valence-corrected chi connectivity index (χ2v) is 8.55. The van der Waals surface area contributed by atoms with Crippen molar-refractivity contribution < 1.29 is 23.5 Å². The predicted octanol–water partition coefficient (Wildman–Crippen LogP) is 4.21. The van der Waals surface area contributed by atoms with Crippen molar-refractivity contribution in [2.45, 2.75) is 13.0 Å². The van der Waals surface area contributed by atoms with Gasteiger partial charge in [0.05, 0.1) is 30.2 Å². The number of fused-ring (bicyclic) bond motifs is 5. The van der Waals surface area contributed by atoms with Crippen molar-refractivity contribution in [2.75, 3.05) is 7.11 Å². The van der Waals surface area contributed by atoms with Crippen LogP contribution in [0.2, 0.25) is 5.02 Å². The number of hydrogen-bond donors (Lipinski definition) is 0. The van der Waals surface area contributed by atoms with E-state index in [1.165, 1.54) is 19.4 Å². The molecule has 5 rings (SSSR count). The highest BCUT2D eigenvalue weighted by atomic mass is 35.5. The molecule has 32 heavy (non-hydrogen) atoms. The summed E-state index contributed by atoms with van der Waals surface area (Å²) >= 11 is 6.38. The first kappa shape index (κ1) is 20.7. The van der Waals surface area contributed by atoms with E-state index in [-0.39, 0.29) is 58.7 Å². The van der Waals surface area contributed by atoms with Gasteiger partial charge in [0.1, 0.15) is 12.4 Å². The Labute approximate surface area is 189 Å². The minimum atomic E-state index is -0.375. The van der Waals surface area contributed by atoms with Crippen LogP contribution in [-0.4, -0.2) is 30.1 Å². The first-order valence-corrected chi connectivity index (χ1v) is 10.7. The van der Waals surface area contributed by atoms with Crippen LogP contribution in [0.15, 0.2) is 53.7 Å². The van der Waals surface area contributed by atoms with E-state index >= 15 is 0 Å². The van der Waals surface area contributed by atoms with Crippen molar-refractivity contribution in [2.24, 2.45) is 28.8 Å². The Kier molecular flexibility index (Phi) is 5.21. The number of hydrazone groups is 1. The molecule has 0 spiro atoms. The molecule has 1 saturated heterocycles. The third-order valence-electron chi connectivity index (χ3n) is 6.35. The molecule has 3 aliphatic rings. The van der Waals surface area contributed by atoms with Crippen LogP contribution in [0.5, 0.6) is 11.5 Å². The van der Waals surface area contributed by atoms with Gasteiger partial charge in [0.2, 0.25) is 0 Å². The van der Waals surface area contributed by atoms with Crippen LogP contribution in [0.25, 0.3) is 0 Å². The van der Waals surface area contributed by atoms with E-state index in [1.54, 1.807) is 30.3 Å². The lowest BCUT2D eigenvalue weighted by atomic mass is 9.85. The molecule has 6 nitrogen and oxygen atoms in total. The Balaban J connectivity index is 1.34. The SMILES string of the molecule is COc1cc(C=NN2C(=O)[C@@H]3[C@H](C2=O)[C@H]2C=C[C@H]3C2)cc(Cl)c1OCc1ccccc1F. The lowest BCUT2D eigenvalue weighted by Gasteiger charge is -2.14. The predicted molar refractivity (Wildman–Crippen MR) is 116 cm³/mol. The fourth-order valence-electron chi connectivity index (χ4n) is 4.84. The van der Waals surface area contributed by atoms with Crippen LogP contribution in [0.1, 0.15) is 17.5 Å². The molecule has 1 heterocycles. The number of hydrogen-bond acceptors (Lipinski definition) is 5. The zero-order valence-electron chi connectivity index (χ0n) is 17.2. The number of allylic oxidation sites excluding steroid dienone is 2. The molecule has 4 atom stereocenters. The Morgan fingerprint density at radius 2 is 1.84 bits per heavy atom. The summed E-state index contributed by atoms with van der Waals surface area (Å²) in [4.78, 5) is 25.5. The number of nitrogens with zero attached hydrogens (tertiary/aromatic N) is 2. The fraction of sp³-hybridized carbons (Fsp3) is 0.292. The molecule has 2 aromatic carbocycles. The molecule has 1 aliphatic heterocycles. The van der Waals surface area contributed by atoms with Crippen molar-refractivity contribution in [3.05, 3.63) is 70.5 Å². The van der Waals surface area contributed by atoms with E-state index in [2.05, 4.69) is 5.10 Å². The molecule has 0 N–H and O–H groups in total. The van der Waals surface area contributed by atoms with Gasteiger partial charge in [-0.3, -0.25) is 9.59 Å². The van der Waals surface area contributed by atoms with Gasteiger partial charge in [0.25, 0.3) is 11.8 Å². The number of benzene rings is 2. The minimum Gasteiger partial charge on any atom is -0.493 e. The Morgan fingerprint density at radius 3 is 2.50 bits per heavy atom. The molecule has 2 bridgehead atoms. The molecular weight excluding hydrogens is 435 g/mol. The molecule has 164 valence electrons. The molecular formula is C24H20ClFN2O4. The largest absolute Gasteiger partial charge is 0.493 e. The van der Waals surface area contributed by atoms with E-state index in [9.17, 15) is 14.0 Å². The van der Waals surface area contributed by atoms with E-state index in [1.807, 2.05) is 12.2 Å². The number of imide groups is 1. The summed E-state index contributed by atoms with van der Waals surface area (Å²) in [5.41, 5.74) is 0.917. The van der Waals surface area contributed by atoms with Gasteiger partial charge in [-0.2, -0.15) is 10.1 Å². The smallest absolute Gasteiger partial charge is 0.254 e. The molecule has 2 aromatic rings. The van der Waals surface area contributed by atoms with Crippen molar-refractivity contribution in [1.82, 2.24) is 5.01 Å². The van der Waals surface area contributed by atoms with Crippen molar-refractivity contribution in [3.8, 4) is 11.5 Å². The summed E-state index contributed by atoms with van der Waals surface area (Å²) in [7, 11) is 1.46. The lowest BCUT2D eigenvalue weighted by Crippen LogP contribution is -2.28. The average Bonchev–Trinajstić information content (AvgIpc) is 3.46. The van der Waals surface area contributed by atoms with Crippen LogP contribution >= 0.6 is 11.6 Å². The van der Waals surface area contributed by atoms with Gasteiger partial charge >= 0.3 is 0 Å². The molecule has 2 aliphatic carbocycles. The molecule has 0 radical (unpaired) electrons. The van der Waals surface area contributed by atoms with Gasteiger partial charge in [-0.1, -0.05) is 42.0 Å². The van der Waals surface area contributed by atoms with Crippen LogP contribution in [0.4, 0.5) is 4.39 Å². The number of rotatable bonds is 6. The normalized spacial score (nSPS) is 25.8. The third-order valence-corrected chi connectivity index (χ3v) is 6.63. The summed E-state index contributed by atoms with van der Waals surface area (Å²) in [5, 5.41) is 5.38. The highest BCUT2D eigenvalue weighted by Crippen LogP contribution is 2.52.